The Morgan fingerprint density at radius 1 is 1.09 bits per heavy atom. The summed E-state index contributed by atoms with van der Waals surface area (Å²) in [4.78, 5) is 12.6. The highest BCUT2D eigenvalue weighted by Crippen LogP contribution is 2.43. The van der Waals surface area contributed by atoms with Gasteiger partial charge in [0.15, 0.2) is 0 Å². The maximum atomic E-state index is 12.6. The van der Waals surface area contributed by atoms with Gasteiger partial charge in [-0.15, -0.1) is 0 Å². The van der Waals surface area contributed by atoms with Gasteiger partial charge in [0.25, 0.3) is 0 Å². The second kappa shape index (κ2) is 9.68. The molecule has 0 saturated heterocycles. The van der Waals surface area contributed by atoms with Crippen LogP contribution in [0.25, 0.3) is 0 Å². The highest BCUT2D eigenvalue weighted by Gasteiger charge is 2.31. The summed E-state index contributed by atoms with van der Waals surface area (Å²) in [6.45, 7) is 2.64. The van der Waals surface area contributed by atoms with Crippen LogP contribution < -0.4 is 19.9 Å². The molecule has 1 unspecified atom stereocenters. The van der Waals surface area contributed by atoms with Gasteiger partial charge in [-0.1, -0.05) is 36.7 Å². The third-order valence-electron chi connectivity index (χ3n) is 5.17. The number of nitriles is 1. The molecule has 0 radical (unpaired) electrons. The summed E-state index contributed by atoms with van der Waals surface area (Å²) < 4.78 is 16.8. The van der Waals surface area contributed by atoms with Gasteiger partial charge >= 0.3 is 5.97 Å². The number of rotatable bonds is 6. The Kier molecular flexibility index (Phi) is 6.53. The Labute approximate surface area is 196 Å². The largest absolute Gasteiger partial charge is 0.494 e. The minimum Gasteiger partial charge on any atom is -0.494 e. The minimum absolute atomic E-state index is 0.0103. The number of allylic oxidation sites excluding steroid dienone is 1. The highest BCUT2D eigenvalue weighted by molar-refractivity contribution is 6.30. The van der Waals surface area contributed by atoms with E-state index in [1.807, 2.05) is 19.1 Å². The zero-order valence-electron chi connectivity index (χ0n) is 17.9. The average Bonchev–Trinajstić information content (AvgIpc) is 2.82. The van der Waals surface area contributed by atoms with Crippen molar-refractivity contribution in [1.29, 1.82) is 5.26 Å². The number of benzene rings is 3. The number of esters is 1. The van der Waals surface area contributed by atoms with Crippen molar-refractivity contribution in [3.05, 3.63) is 99.9 Å². The van der Waals surface area contributed by atoms with E-state index in [1.54, 1.807) is 54.6 Å². The third kappa shape index (κ3) is 4.79. The summed E-state index contributed by atoms with van der Waals surface area (Å²) in [7, 11) is 0. The van der Waals surface area contributed by atoms with Crippen LogP contribution in [0.2, 0.25) is 5.02 Å². The molecule has 0 aromatic heterocycles. The number of hydrogen-bond acceptors (Lipinski definition) is 6. The predicted octanol–water partition coefficient (Wildman–Crippen LogP) is 5.57. The summed E-state index contributed by atoms with van der Waals surface area (Å²) in [6.07, 6.45) is 0.901. The number of hydrogen-bond donors (Lipinski definition) is 1. The molecule has 6 nitrogen and oxygen atoms in total. The van der Waals surface area contributed by atoms with Gasteiger partial charge < -0.3 is 19.9 Å². The van der Waals surface area contributed by atoms with Crippen LogP contribution in [0.5, 0.6) is 17.2 Å². The molecule has 0 bridgehead atoms. The van der Waals surface area contributed by atoms with Gasteiger partial charge in [0, 0.05) is 16.7 Å². The first-order valence-electron chi connectivity index (χ1n) is 10.4. The van der Waals surface area contributed by atoms with Gasteiger partial charge in [-0.2, -0.15) is 5.26 Å². The molecule has 0 fully saturated rings. The first kappa shape index (κ1) is 22.3. The van der Waals surface area contributed by atoms with Gasteiger partial charge in [-0.3, -0.25) is 0 Å². The molecule has 0 saturated carbocycles. The molecular weight excluding hydrogens is 440 g/mol. The zero-order valence-corrected chi connectivity index (χ0v) is 18.6. The number of fused-ring (bicyclic) bond motifs is 1. The van der Waals surface area contributed by atoms with E-state index in [9.17, 15) is 10.1 Å². The number of ether oxygens (including phenoxy) is 3. The smallest absolute Gasteiger partial charge is 0.343 e. The Morgan fingerprint density at radius 3 is 2.45 bits per heavy atom. The maximum absolute atomic E-state index is 12.6. The number of carbonyl (C=O) groups excluding carboxylic acids is 1. The van der Waals surface area contributed by atoms with Crippen molar-refractivity contribution in [3.8, 4) is 23.3 Å². The fraction of sp³-hybridized carbons (Fsp3) is 0.154. The molecule has 7 heteroatoms. The zero-order chi connectivity index (χ0) is 23.4. The second-order valence-electron chi connectivity index (χ2n) is 7.44. The van der Waals surface area contributed by atoms with Crippen molar-refractivity contribution in [1.82, 2.24) is 0 Å². The lowest BCUT2D eigenvalue weighted by Crippen LogP contribution is -2.21. The van der Waals surface area contributed by atoms with Gasteiger partial charge in [-0.25, -0.2) is 4.79 Å². The number of nitrogens with zero attached hydrogens (tertiary/aromatic N) is 1. The lowest BCUT2D eigenvalue weighted by molar-refractivity contribution is 0.0734. The number of carbonyl (C=O) groups is 1. The van der Waals surface area contributed by atoms with E-state index < -0.39 is 11.9 Å². The third-order valence-corrected chi connectivity index (χ3v) is 5.42. The van der Waals surface area contributed by atoms with Crippen LogP contribution in [-0.4, -0.2) is 12.6 Å². The summed E-state index contributed by atoms with van der Waals surface area (Å²) in [5.41, 5.74) is 8.32. The fourth-order valence-corrected chi connectivity index (χ4v) is 3.70. The quantitative estimate of drug-likeness (QED) is 0.382. The first-order valence-corrected chi connectivity index (χ1v) is 10.8. The fourth-order valence-electron chi connectivity index (χ4n) is 3.57. The highest BCUT2D eigenvalue weighted by atomic mass is 35.5. The maximum Gasteiger partial charge on any atom is 0.343 e. The molecule has 0 amide bonds. The van der Waals surface area contributed by atoms with Gasteiger partial charge in [0.05, 0.1) is 18.1 Å². The molecule has 1 aliphatic rings. The van der Waals surface area contributed by atoms with Gasteiger partial charge in [0.1, 0.15) is 28.9 Å². The summed E-state index contributed by atoms with van der Waals surface area (Å²) in [5.74, 6) is 0.489. The molecule has 3 aromatic carbocycles. The molecule has 166 valence electrons. The normalized spacial score (nSPS) is 14.6. The van der Waals surface area contributed by atoms with E-state index in [0.29, 0.717) is 40.0 Å². The van der Waals surface area contributed by atoms with Crippen LogP contribution in [0, 0.1) is 11.3 Å². The Balaban J connectivity index is 1.58. The van der Waals surface area contributed by atoms with E-state index >= 15 is 0 Å². The Bertz CT molecular complexity index is 1240. The standard InChI is InChI=1S/C26H21ClN2O4/c1-2-13-31-19-9-5-17(6-10-19)26(30)32-20-11-12-21-23(14-20)33-25(29)22(15-28)24(21)16-3-7-18(27)8-4-16/h3-12,14,24H,2,13,29H2,1H3. The van der Waals surface area contributed by atoms with Crippen LogP contribution >= 0.6 is 11.6 Å². The van der Waals surface area contributed by atoms with Crippen LogP contribution in [-0.2, 0) is 0 Å². The average molecular weight is 461 g/mol. The summed E-state index contributed by atoms with van der Waals surface area (Å²) in [6, 6.07) is 21.1. The molecular formula is C26H21ClN2O4. The molecule has 0 aliphatic carbocycles. The van der Waals surface area contributed by atoms with Crippen molar-refractivity contribution in [2.75, 3.05) is 6.61 Å². The number of nitrogens with two attached hydrogens (primary N) is 1. The lowest BCUT2D eigenvalue weighted by Gasteiger charge is -2.26. The van der Waals surface area contributed by atoms with Crippen LogP contribution in [0.4, 0.5) is 0 Å². The second-order valence-corrected chi connectivity index (χ2v) is 7.87. The molecule has 4 rings (SSSR count). The molecule has 3 aromatic rings. The van der Waals surface area contributed by atoms with Crippen molar-refractivity contribution in [2.45, 2.75) is 19.3 Å². The Hall–Kier alpha value is -3.95. The van der Waals surface area contributed by atoms with Crippen molar-refractivity contribution in [3.63, 3.8) is 0 Å². The molecule has 1 aliphatic heterocycles. The molecule has 1 atom stereocenters. The SMILES string of the molecule is CCCOc1ccc(C(=O)Oc2ccc3c(c2)OC(N)=C(C#N)C3c2ccc(Cl)cc2)cc1. The van der Waals surface area contributed by atoms with E-state index in [2.05, 4.69) is 6.07 Å². The topological polar surface area (TPSA) is 94.6 Å². The Morgan fingerprint density at radius 2 is 1.79 bits per heavy atom. The van der Waals surface area contributed by atoms with Gasteiger partial charge in [-0.05, 0) is 54.4 Å². The summed E-state index contributed by atoms with van der Waals surface area (Å²) >= 11 is 6.02. The van der Waals surface area contributed by atoms with E-state index in [1.165, 1.54) is 0 Å². The molecule has 2 N–H and O–H groups in total. The van der Waals surface area contributed by atoms with Crippen molar-refractivity contribution < 1.29 is 19.0 Å². The van der Waals surface area contributed by atoms with Gasteiger partial charge in [0.2, 0.25) is 5.88 Å². The minimum atomic E-state index is -0.511. The monoisotopic (exact) mass is 460 g/mol. The lowest BCUT2D eigenvalue weighted by atomic mass is 9.83. The number of halogens is 1. The molecule has 1 heterocycles. The van der Waals surface area contributed by atoms with Crippen LogP contribution in [0.1, 0.15) is 40.7 Å². The van der Waals surface area contributed by atoms with Crippen molar-refractivity contribution in [2.24, 2.45) is 5.73 Å². The van der Waals surface area contributed by atoms with Crippen LogP contribution in [0.3, 0.4) is 0 Å². The molecule has 0 spiro atoms. The van der Waals surface area contributed by atoms with E-state index in [0.717, 1.165) is 17.5 Å². The molecule has 33 heavy (non-hydrogen) atoms. The van der Waals surface area contributed by atoms with Crippen molar-refractivity contribution >= 4 is 17.6 Å². The first-order chi connectivity index (χ1) is 16.0. The summed E-state index contributed by atoms with van der Waals surface area (Å²) in [5, 5.41) is 10.3. The predicted molar refractivity (Wildman–Crippen MR) is 124 cm³/mol. The van der Waals surface area contributed by atoms with E-state index in [4.69, 9.17) is 31.5 Å². The van der Waals surface area contributed by atoms with Crippen LogP contribution in [0.15, 0.2) is 78.2 Å². The van der Waals surface area contributed by atoms with E-state index in [-0.39, 0.29) is 5.88 Å².